The fourth-order valence-electron chi connectivity index (χ4n) is 3.19. The molecule has 0 aliphatic carbocycles. The molecule has 1 fully saturated rings. The number of primary amides is 1. The van der Waals surface area contributed by atoms with Gasteiger partial charge in [0.25, 0.3) is 0 Å². The number of halogens is 1. The number of aromatic nitrogens is 3. The van der Waals surface area contributed by atoms with E-state index in [0.717, 1.165) is 35.0 Å². The summed E-state index contributed by atoms with van der Waals surface area (Å²) >= 11 is 5.61. The van der Waals surface area contributed by atoms with E-state index in [0.29, 0.717) is 27.0 Å². The molecule has 2 aromatic carbocycles. The van der Waals surface area contributed by atoms with Crippen molar-refractivity contribution in [2.75, 3.05) is 18.4 Å². The third-order valence-electron chi connectivity index (χ3n) is 4.81. The number of anilines is 1. The van der Waals surface area contributed by atoms with Crippen LogP contribution in [0.15, 0.2) is 42.5 Å². The number of carbonyl (C=O) groups excluding carboxylic acids is 1. The molecule has 1 aliphatic heterocycles. The number of amides is 1. The van der Waals surface area contributed by atoms with Crippen molar-refractivity contribution in [3.63, 3.8) is 0 Å². The molecule has 1 amide bonds. The number of aryl methyl sites for hydroxylation is 1. The summed E-state index contributed by atoms with van der Waals surface area (Å²) in [6.45, 7) is 3.86. The normalized spacial score (nSPS) is 16.3. The summed E-state index contributed by atoms with van der Waals surface area (Å²) in [5, 5.41) is 7.38. The van der Waals surface area contributed by atoms with Crippen LogP contribution in [-0.2, 0) is 0 Å². The van der Waals surface area contributed by atoms with Gasteiger partial charge in [-0.15, -0.1) is 0 Å². The van der Waals surface area contributed by atoms with Crippen LogP contribution < -0.4 is 25.3 Å². The van der Waals surface area contributed by atoms with E-state index in [1.807, 2.05) is 43.3 Å². The predicted octanol–water partition coefficient (Wildman–Crippen LogP) is 1.03. The molecule has 3 aromatic rings. The van der Waals surface area contributed by atoms with Crippen LogP contribution >= 0.6 is 11.6 Å². The average Bonchev–Trinajstić information content (AvgIpc) is 3.22. The molecule has 0 spiro atoms. The Morgan fingerprint density at radius 2 is 2.10 bits per heavy atom. The molecule has 4 rings (SSSR count). The first-order valence-corrected chi connectivity index (χ1v) is 11.8. The molecule has 9 heteroatoms. The van der Waals surface area contributed by atoms with Crippen molar-refractivity contribution in [1.29, 1.82) is 0 Å². The van der Waals surface area contributed by atoms with Gasteiger partial charge in [0.1, 0.15) is 0 Å². The summed E-state index contributed by atoms with van der Waals surface area (Å²) in [6.07, 6.45) is 1.01. The number of nitrogens with zero attached hydrogens (tertiary/aromatic N) is 3. The zero-order valence-electron chi connectivity index (χ0n) is 16.4. The van der Waals surface area contributed by atoms with Gasteiger partial charge in [-0.1, -0.05) is 0 Å². The Bertz CT molecular complexity index is 1090. The monoisotopic (exact) mass is 483 g/mol. The Hall–Kier alpha value is -2.47. The van der Waals surface area contributed by atoms with E-state index >= 15 is 0 Å². The first-order chi connectivity index (χ1) is 14.5. The van der Waals surface area contributed by atoms with Crippen molar-refractivity contribution in [2.24, 2.45) is 5.73 Å². The number of nitrogens with one attached hydrogen (secondary N) is 2. The Kier molecular flexibility index (Phi) is 6.32. The van der Waals surface area contributed by atoms with Crippen LogP contribution in [0.2, 0.25) is 5.02 Å². The maximum atomic E-state index is 11.6. The number of nitrogens with two attached hydrogens (primary N) is 1. The van der Waals surface area contributed by atoms with Gasteiger partial charge in [0.2, 0.25) is 0 Å². The minimum atomic E-state index is -0.569. The molecule has 7 nitrogen and oxygen atoms in total. The molecule has 0 saturated carbocycles. The van der Waals surface area contributed by atoms with Crippen molar-refractivity contribution < 1.29 is 4.79 Å². The molecule has 30 heavy (non-hydrogen) atoms. The summed E-state index contributed by atoms with van der Waals surface area (Å²) in [6, 6.07) is 13.3. The van der Waals surface area contributed by atoms with Gasteiger partial charge in [-0.05, 0) is 0 Å². The molecule has 1 saturated heterocycles. The van der Waals surface area contributed by atoms with Gasteiger partial charge >= 0.3 is 187 Å². The second-order valence-corrected chi connectivity index (χ2v) is 9.86. The first kappa shape index (κ1) is 20.8. The van der Waals surface area contributed by atoms with E-state index in [9.17, 15) is 4.79 Å². The third kappa shape index (κ3) is 4.98. The number of carbonyl (C=O) groups is 1. The summed E-state index contributed by atoms with van der Waals surface area (Å²) in [5.74, 6) is 0.696. The van der Waals surface area contributed by atoms with Gasteiger partial charge in [0.15, 0.2) is 0 Å². The van der Waals surface area contributed by atoms with Crippen molar-refractivity contribution in [2.45, 2.75) is 19.4 Å². The summed E-state index contributed by atoms with van der Waals surface area (Å²) in [5.41, 5.74) is 7.87. The molecule has 1 aromatic heterocycles. The van der Waals surface area contributed by atoms with Crippen molar-refractivity contribution in [1.82, 2.24) is 20.3 Å². The predicted molar refractivity (Wildman–Crippen MR) is 120 cm³/mol. The molecule has 1 aliphatic rings. The topological polar surface area (TPSA) is 106 Å². The van der Waals surface area contributed by atoms with Crippen molar-refractivity contribution in [3.8, 4) is 11.4 Å². The van der Waals surface area contributed by atoms with Crippen LogP contribution in [0.3, 0.4) is 0 Å². The molecule has 1 radical (unpaired) electrons. The number of hydrogen-bond acceptors (Lipinski definition) is 6. The molecular weight excluding hydrogens is 463 g/mol. The van der Waals surface area contributed by atoms with Gasteiger partial charge in [-0.25, -0.2) is 0 Å². The quantitative estimate of drug-likeness (QED) is 0.452. The van der Waals surface area contributed by atoms with Crippen LogP contribution in [0, 0.1) is 6.92 Å². The van der Waals surface area contributed by atoms with E-state index in [4.69, 9.17) is 22.3 Å². The molecule has 2 heterocycles. The molecule has 4 N–H and O–H groups in total. The second-order valence-electron chi connectivity index (χ2n) is 7.10. The zero-order valence-corrected chi connectivity index (χ0v) is 19.0. The van der Waals surface area contributed by atoms with Crippen LogP contribution in [-0.4, -0.2) is 55.7 Å². The summed E-state index contributed by atoms with van der Waals surface area (Å²) < 4.78 is 1.74. The molecule has 0 unspecified atom stereocenters. The van der Waals surface area contributed by atoms with Crippen LogP contribution in [0.4, 0.5) is 5.95 Å². The maximum absolute atomic E-state index is 11.6. The molecule has 153 valence electrons. The number of benzene rings is 2. The molecule has 0 bridgehead atoms. The fourth-order valence-corrected chi connectivity index (χ4v) is 5.39. The average molecular weight is 484 g/mol. The van der Waals surface area contributed by atoms with Crippen molar-refractivity contribution >= 4 is 48.2 Å². The number of hydrogen-bond donors (Lipinski definition) is 3. The van der Waals surface area contributed by atoms with Crippen molar-refractivity contribution in [3.05, 3.63) is 58.6 Å². The van der Waals surface area contributed by atoms with Crippen LogP contribution in [0.25, 0.3) is 11.4 Å². The zero-order chi connectivity index (χ0) is 21.1. The van der Waals surface area contributed by atoms with E-state index in [1.54, 1.807) is 6.07 Å². The van der Waals surface area contributed by atoms with Gasteiger partial charge in [-0.3, -0.25) is 0 Å². The SMILES string of the molecule is Cc1ccc(C(N)=O)cc1[As]c1nc(N[C@@H]2CCNC2)nc(-c2cccc(Cl)c2)n1. The van der Waals surface area contributed by atoms with Crippen LogP contribution in [0.1, 0.15) is 22.3 Å². The minimum absolute atomic E-state index is 0.281. The summed E-state index contributed by atoms with van der Waals surface area (Å²) in [4.78, 5) is 25.6. The van der Waals surface area contributed by atoms with Gasteiger partial charge < -0.3 is 0 Å². The molecule has 1 atom stereocenters. The number of rotatable bonds is 6. The summed E-state index contributed by atoms with van der Waals surface area (Å²) in [7, 11) is 0. The first-order valence-electron chi connectivity index (χ1n) is 9.59. The Labute approximate surface area is 186 Å². The van der Waals surface area contributed by atoms with E-state index in [-0.39, 0.29) is 6.04 Å². The Morgan fingerprint density at radius 1 is 1.23 bits per heavy atom. The Balaban J connectivity index is 1.72. The second kappa shape index (κ2) is 9.12. The van der Waals surface area contributed by atoms with Crippen LogP contribution in [0.5, 0.6) is 0 Å². The Morgan fingerprint density at radius 3 is 2.83 bits per heavy atom. The molecular formula is C21H21AsClN6O. The van der Waals surface area contributed by atoms with E-state index in [2.05, 4.69) is 20.6 Å². The standard InChI is InChI=1S/C21H21AsClN6O/c1-12-5-6-13(18(24)30)10-17(12)22-20-27-19(14-3-2-4-15(23)9-14)28-21(29-20)26-16-7-8-25-11-16/h2-6,9-10,16,25H,7-8,11H2,1H3,(H2,24,30)(H,26,27,28,29)/t16-/m1/s1. The fraction of sp³-hybridized carbons (Fsp3) is 0.238. The third-order valence-corrected chi connectivity index (χ3v) is 7.40. The van der Waals surface area contributed by atoms with E-state index in [1.165, 1.54) is 0 Å². The van der Waals surface area contributed by atoms with Gasteiger partial charge in [0.05, 0.1) is 0 Å². The van der Waals surface area contributed by atoms with E-state index < -0.39 is 21.7 Å². The van der Waals surface area contributed by atoms with Gasteiger partial charge in [-0.2, -0.15) is 0 Å². The van der Waals surface area contributed by atoms with Gasteiger partial charge in [0, 0.05) is 0 Å².